The van der Waals surface area contributed by atoms with Crippen molar-refractivity contribution in [2.75, 3.05) is 0 Å². The molecule has 0 saturated carbocycles. The van der Waals surface area contributed by atoms with Crippen LogP contribution in [0.2, 0.25) is 0 Å². The van der Waals surface area contributed by atoms with E-state index in [1.54, 1.807) is 6.20 Å². The molecule has 4 heterocycles. The molecule has 0 radical (unpaired) electrons. The van der Waals surface area contributed by atoms with Crippen LogP contribution < -0.4 is 0 Å². The summed E-state index contributed by atoms with van der Waals surface area (Å²) in [7, 11) is 0. The zero-order valence-electron chi connectivity index (χ0n) is 15.2. The van der Waals surface area contributed by atoms with Gasteiger partial charge in [0.15, 0.2) is 0 Å². The summed E-state index contributed by atoms with van der Waals surface area (Å²) < 4.78 is 17.4. The van der Waals surface area contributed by atoms with Crippen molar-refractivity contribution >= 4 is 22.1 Å². The highest BCUT2D eigenvalue weighted by Crippen LogP contribution is 2.27. The zero-order chi connectivity index (χ0) is 18.5. The quantitative estimate of drug-likeness (QED) is 0.458. The summed E-state index contributed by atoms with van der Waals surface area (Å²) in [5.41, 5.74) is 4.79. The van der Waals surface area contributed by atoms with Crippen molar-refractivity contribution < 1.29 is 4.39 Å². The first kappa shape index (κ1) is 16.0. The highest BCUT2D eigenvalue weighted by atomic mass is 19.1. The summed E-state index contributed by atoms with van der Waals surface area (Å²) >= 11 is 0. The lowest BCUT2D eigenvalue weighted by Gasteiger charge is -2.07. The second kappa shape index (κ2) is 5.91. The molecule has 1 aromatic carbocycles. The first-order chi connectivity index (χ1) is 13.1. The van der Waals surface area contributed by atoms with Crippen LogP contribution in [0.15, 0.2) is 61.1 Å². The standard InChI is InChI=1S/C22H19FN4/c1-14(11-18-13-26-9-8-17(23)12-20(26)24-18)21-15(2)27-10-7-16-5-3-4-6-19(16)22(27)25-21/h3-10,12-14H,11H2,1-2H3. The predicted molar refractivity (Wildman–Crippen MR) is 105 cm³/mol. The maximum absolute atomic E-state index is 13.4. The number of hydrogen-bond donors (Lipinski definition) is 0. The van der Waals surface area contributed by atoms with Gasteiger partial charge < -0.3 is 8.80 Å². The summed E-state index contributed by atoms with van der Waals surface area (Å²) in [6.45, 7) is 4.28. The first-order valence-corrected chi connectivity index (χ1v) is 9.09. The van der Waals surface area contributed by atoms with Crippen LogP contribution in [-0.2, 0) is 6.42 Å². The highest BCUT2D eigenvalue weighted by molar-refractivity contribution is 5.94. The van der Waals surface area contributed by atoms with E-state index >= 15 is 0 Å². The maximum Gasteiger partial charge on any atom is 0.145 e. The van der Waals surface area contributed by atoms with Gasteiger partial charge in [0, 0.05) is 41.7 Å². The van der Waals surface area contributed by atoms with Gasteiger partial charge in [-0.15, -0.1) is 0 Å². The highest BCUT2D eigenvalue weighted by Gasteiger charge is 2.18. The SMILES string of the molecule is Cc1c(C(C)Cc2cn3ccc(F)cc3n2)nc2c3ccccc3ccn12. The lowest BCUT2D eigenvalue weighted by Crippen LogP contribution is -2.01. The topological polar surface area (TPSA) is 34.6 Å². The van der Waals surface area contributed by atoms with E-state index in [1.807, 2.05) is 22.7 Å². The minimum atomic E-state index is -0.268. The molecule has 5 aromatic rings. The number of imidazole rings is 2. The lowest BCUT2D eigenvalue weighted by atomic mass is 10.0. The van der Waals surface area contributed by atoms with E-state index in [0.717, 1.165) is 34.5 Å². The molecule has 0 aliphatic carbocycles. The molecular weight excluding hydrogens is 339 g/mol. The van der Waals surface area contributed by atoms with Gasteiger partial charge in [0.2, 0.25) is 0 Å². The molecule has 0 amide bonds. The van der Waals surface area contributed by atoms with E-state index < -0.39 is 0 Å². The molecule has 27 heavy (non-hydrogen) atoms. The summed E-state index contributed by atoms with van der Waals surface area (Å²) in [5.74, 6) is -0.0609. The van der Waals surface area contributed by atoms with E-state index in [0.29, 0.717) is 5.65 Å². The molecule has 1 atom stereocenters. The Morgan fingerprint density at radius 3 is 2.81 bits per heavy atom. The van der Waals surface area contributed by atoms with Gasteiger partial charge in [0.05, 0.1) is 11.4 Å². The van der Waals surface area contributed by atoms with Crippen molar-refractivity contribution in [3.63, 3.8) is 0 Å². The Morgan fingerprint density at radius 1 is 1.07 bits per heavy atom. The number of benzene rings is 1. The van der Waals surface area contributed by atoms with Gasteiger partial charge in [-0.3, -0.25) is 0 Å². The molecule has 0 bridgehead atoms. The third-order valence-electron chi connectivity index (χ3n) is 5.25. The second-order valence-electron chi connectivity index (χ2n) is 7.13. The third kappa shape index (κ3) is 2.58. The molecule has 5 rings (SSSR count). The molecule has 4 aromatic heterocycles. The smallest absolute Gasteiger partial charge is 0.145 e. The minimum absolute atomic E-state index is 0.207. The lowest BCUT2D eigenvalue weighted by molar-refractivity contribution is 0.626. The second-order valence-corrected chi connectivity index (χ2v) is 7.13. The average Bonchev–Trinajstić information content (AvgIpc) is 3.22. The van der Waals surface area contributed by atoms with Gasteiger partial charge in [0.25, 0.3) is 0 Å². The van der Waals surface area contributed by atoms with Crippen LogP contribution in [0.3, 0.4) is 0 Å². The normalized spacial score (nSPS) is 13.0. The van der Waals surface area contributed by atoms with E-state index in [1.165, 1.54) is 17.5 Å². The van der Waals surface area contributed by atoms with Gasteiger partial charge in [-0.25, -0.2) is 14.4 Å². The van der Waals surface area contributed by atoms with Crippen LogP contribution in [0.25, 0.3) is 22.1 Å². The van der Waals surface area contributed by atoms with Crippen molar-refractivity contribution in [3.8, 4) is 0 Å². The average molecular weight is 358 g/mol. The third-order valence-corrected chi connectivity index (χ3v) is 5.25. The van der Waals surface area contributed by atoms with Crippen molar-refractivity contribution in [3.05, 3.63) is 84.0 Å². The van der Waals surface area contributed by atoms with Crippen molar-refractivity contribution in [2.24, 2.45) is 0 Å². The molecule has 1 unspecified atom stereocenters. The number of fused-ring (bicyclic) bond motifs is 4. The molecule has 5 heteroatoms. The molecule has 134 valence electrons. The van der Waals surface area contributed by atoms with Gasteiger partial charge in [-0.1, -0.05) is 31.2 Å². The molecule has 4 nitrogen and oxygen atoms in total. The molecule has 0 fully saturated rings. The maximum atomic E-state index is 13.4. The van der Waals surface area contributed by atoms with Crippen LogP contribution in [0.4, 0.5) is 4.39 Å². The Bertz CT molecular complexity index is 1300. The van der Waals surface area contributed by atoms with E-state index in [9.17, 15) is 4.39 Å². The number of rotatable bonds is 3. The van der Waals surface area contributed by atoms with E-state index in [4.69, 9.17) is 4.98 Å². The molecule has 0 spiro atoms. The van der Waals surface area contributed by atoms with E-state index in [-0.39, 0.29) is 11.7 Å². The number of aromatic nitrogens is 4. The largest absolute Gasteiger partial charge is 0.307 e. The Hall–Kier alpha value is -3.21. The van der Waals surface area contributed by atoms with Gasteiger partial charge in [0.1, 0.15) is 17.1 Å². The van der Waals surface area contributed by atoms with Crippen molar-refractivity contribution in [1.29, 1.82) is 0 Å². The summed E-state index contributed by atoms with van der Waals surface area (Å²) in [6.07, 6.45) is 6.51. The van der Waals surface area contributed by atoms with Crippen LogP contribution >= 0.6 is 0 Å². The van der Waals surface area contributed by atoms with Crippen LogP contribution in [0, 0.1) is 12.7 Å². The predicted octanol–water partition coefficient (Wildman–Crippen LogP) is 4.93. The van der Waals surface area contributed by atoms with E-state index in [2.05, 4.69) is 47.6 Å². The monoisotopic (exact) mass is 358 g/mol. The van der Waals surface area contributed by atoms with Crippen LogP contribution in [0.1, 0.15) is 29.9 Å². The van der Waals surface area contributed by atoms with Crippen molar-refractivity contribution in [1.82, 2.24) is 18.8 Å². The molecule has 0 N–H and O–H groups in total. The number of hydrogen-bond acceptors (Lipinski definition) is 2. The zero-order valence-corrected chi connectivity index (χ0v) is 15.2. The van der Waals surface area contributed by atoms with Gasteiger partial charge in [-0.05, 0) is 30.9 Å². The Labute approximate surface area is 155 Å². The summed E-state index contributed by atoms with van der Waals surface area (Å²) in [6, 6.07) is 13.3. The van der Waals surface area contributed by atoms with Crippen LogP contribution in [-0.4, -0.2) is 18.8 Å². The number of halogens is 1. The fourth-order valence-corrected chi connectivity index (χ4v) is 3.89. The Morgan fingerprint density at radius 2 is 1.93 bits per heavy atom. The van der Waals surface area contributed by atoms with Gasteiger partial charge >= 0.3 is 0 Å². The summed E-state index contributed by atoms with van der Waals surface area (Å²) in [5, 5.41) is 2.35. The summed E-state index contributed by atoms with van der Waals surface area (Å²) in [4.78, 5) is 9.53. The van der Waals surface area contributed by atoms with Crippen molar-refractivity contribution in [2.45, 2.75) is 26.2 Å². The fourth-order valence-electron chi connectivity index (χ4n) is 3.89. The number of nitrogens with zero attached hydrogens (tertiary/aromatic N) is 4. The Kier molecular flexibility index (Phi) is 3.50. The number of aryl methyl sites for hydroxylation is 1. The van der Waals surface area contributed by atoms with Crippen LogP contribution in [0.5, 0.6) is 0 Å². The Balaban J connectivity index is 1.55. The molecule has 0 aliphatic rings. The first-order valence-electron chi connectivity index (χ1n) is 9.09. The minimum Gasteiger partial charge on any atom is -0.307 e. The molecule has 0 aliphatic heterocycles. The molecule has 0 saturated heterocycles. The number of pyridine rings is 2. The fraction of sp³-hybridized carbons (Fsp3) is 0.182. The molecular formula is C22H19FN4. The van der Waals surface area contributed by atoms with Gasteiger partial charge in [-0.2, -0.15) is 0 Å².